The van der Waals surface area contributed by atoms with Crippen molar-refractivity contribution in [3.05, 3.63) is 35.4 Å². The minimum Gasteiger partial charge on any atom is -0.493 e. The summed E-state index contributed by atoms with van der Waals surface area (Å²) in [5.41, 5.74) is 1.84. The van der Waals surface area contributed by atoms with Crippen molar-refractivity contribution in [3.63, 3.8) is 0 Å². The van der Waals surface area contributed by atoms with E-state index in [2.05, 4.69) is 30.9 Å². The van der Waals surface area contributed by atoms with Gasteiger partial charge in [-0.1, -0.05) is 13.8 Å². The Morgan fingerprint density at radius 3 is 2.35 bits per heavy atom. The number of hydrogen-bond acceptors (Lipinski definition) is 7. The molecular weight excluding hydrogens is 434 g/mol. The Hall–Kier alpha value is -2.54. The molecule has 2 aliphatic heterocycles. The molecular formula is C27H39NO6. The van der Waals surface area contributed by atoms with Crippen molar-refractivity contribution in [1.82, 2.24) is 4.90 Å². The van der Waals surface area contributed by atoms with Crippen LogP contribution >= 0.6 is 0 Å². The number of nitrogens with zero attached hydrogens (tertiary/aromatic N) is 1. The predicted molar refractivity (Wildman–Crippen MR) is 130 cm³/mol. The predicted octanol–water partition coefficient (Wildman–Crippen LogP) is 4.48. The third-order valence-corrected chi connectivity index (χ3v) is 6.37. The molecule has 0 aliphatic carbocycles. The average molecular weight is 474 g/mol. The first-order chi connectivity index (χ1) is 16.0. The van der Waals surface area contributed by atoms with Crippen molar-refractivity contribution in [2.45, 2.75) is 71.6 Å². The molecule has 2 heterocycles. The van der Waals surface area contributed by atoms with E-state index in [1.54, 1.807) is 35.0 Å². The van der Waals surface area contributed by atoms with Crippen molar-refractivity contribution in [2.24, 2.45) is 11.8 Å². The largest absolute Gasteiger partial charge is 0.493 e. The second kappa shape index (κ2) is 10.8. The first-order valence-electron chi connectivity index (χ1n) is 12.1. The topological polar surface area (TPSA) is 74.3 Å². The number of methoxy groups -OCH3 is 2. The Morgan fingerprint density at radius 1 is 1.09 bits per heavy atom. The normalized spacial score (nSPS) is 22.8. The van der Waals surface area contributed by atoms with Gasteiger partial charge in [0.2, 0.25) is 0 Å². The maximum atomic E-state index is 12.6. The summed E-state index contributed by atoms with van der Waals surface area (Å²) in [7, 11) is 3.29. The molecule has 1 aromatic rings. The third-order valence-electron chi connectivity index (χ3n) is 6.37. The highest BCUT2D eigenvalue weighted by Gasteiger charge is 2.41. The summed E-state index contributed by atoms with van der Waals surface area (Å²) in [5, 5.41) is 0. The van der Waals surface area contributed by atoms with Gasteiger partial charge in [-0.05, 0) is 62.8 Å². The molecule has 0 aromatic heterocycles. The van der Waals surface area contributed by atoms with Crippen molar-refractivity contribution in [1.29, 1.82) is 0 Å². The molecule has 188 valence electrons. The number of carbonyl (C=O) groups excluding carboxylic acids is 2. The summed E-state index contributed by atoms with van der Waals surface area (Å²) >= 11 is 0. The summed E-state index contributed by atoms with van der Waals surface area (Å²) in [6.07, 6.45) is 4.70. The van der Waals surface area contributed by atoms with Gasteiger partial charge in [0.15, 0.2) is 11.5 Å². The Bertz CT molecular complexity index is 916. The Labute approximate surface area is 203 Å². The third kappa shape index (κ3) is 6.53. The number of hydrogen-bond donors (Lipinski definition) is 0. The van der Waals surface area contributed by atoms with Gasteiger partial charge in [0.25, 0.3) is 0 Å². The number of fused-ring (bicyclic) bond motifs is 3. The Kier molecular flexibility index (Phi) is 8.29. The lowest BCUT2D eigenvalue weighted by atomic mass is 9.79. The molecule has 0 radical (unpaired) electrons. The molecule has 3 rings (SSSR count). The van der Waals surface area contributed by atoms with Crippen LogP contribution in [0.25, 0.3) is 0 Å². The molecule has 1 aromatic carbocycles. The molecule has 0 spiro atoms. The van der Waals surface area contributed by atoms with Crippen molar-refractivity contribution in [3.8, 4) is 11.5 Å². The van der Waals surface area contributed by atoms with Crippen molar-refractivity contribution in [2.75, 3.05) is 27.3 Å². The van der Waals surface area contributed by atoms with E-state index in [1.165, 1.54) is 17.2 Å². The lowest BCUT2D eigenvalue weighted by molar-refractivity contribution is -0.153. The minimum atomic E-state index is -0.612. The summed E-state index contributed by atoms with van der Waals surface area (Å²) in [5.74, 6) is 1.10. The van der Waals surface area contributed by atoms with Crippen LogP contribution in [0.2, 0.25) is 0 Å². The number of ether oxygens (including phenoxy) is 4. The van der Waals surface area contributed by atoms with Gasteiger partial charge in [-0.3, -0.25) is 4.90 Å². The van der Waals surface area contributed by atoms with Gasteiger partial charge in [-0.25, -0.2) is 9.59 Å². The quantitative estimate of drug-likeness (QED) is 0.427. The highest BCUT2D eigenvalue weighted by Crippen LogP contribution is 2.44. The van der Waals surface area contributed by atoms with Crippen LogP contribution in [0, 0.1) is 11.8 Å². The van der Waals surface area contributed by atoms with Crippen LogP contribution in [-0.4, -0.2) is 55.9 Å². The van der Waals surface area contributed by atoms with E-state index in [1.807, 2.05) is 0 Å². The van der Waals surface area contributed by atoms with Crippen molar-refractivity contribution < 1.29 is 28.5 Å². The molecule has 7 heteroatoms. The first kappa shape index (κ1) is 26.1. The van der Waals surface area contributed by atoms with Crippen LogP contribution in [0.1, 0.15) is 64.6 Å². The van der Waals surface area contributed by atoms with Gasteiger partial charge >= 0.3 is 11.9 Å². The zero-order chi connectivity index (χ0) is 25.0. The molecule has 0 unspecified atom stereocenters. The molecule has 0 N–H and O–H groups in total. The van der Waals surface area contributed by atoms with Crippen LogP contribution in [0.3, 0.4) is 0 Å². The SMILES string of the molecule is COc1cc2c(cc1OC)[C@H]1C[C@@H](OC(=O)/C=C/C(=O)OC(C)(C)C)[C@H](CC(C)C)CN1CC2. The van der Waals surface area contributed by atoms with Gasteiger partial charge in [-0.15, -0.1) is 0 Å². The number of piperidine rings is 1. The monoisotopic (exact) mass is 473 g/mol. The molecule has 34 heavy (non-hydrogen) atoms. The van der Waals surface area contributed by atoms with Crippen LogP contribution < -0.4 is 9.47 Å². The molecule has 2 aliphatic rings. The van der Waals surface area contributed by atoms with Gasteiger partial charge < -0.3 is 18.9 Å². The second-order valence-electron chi connectivity index (χ2n) is 10.6. The Balaban J connectivity index is 1.79. The smallest absolute Gasteiger partial charge is 0.331 e. The molecule has 7 nitrogen and oxygen atoms in total. The summed E-state index contributed by atoms with van der Waals surface area (Å²) in [6.45, 7) is 11.6. The zero-order valence-electron chi connectivity index (χ0n) is 21.6. The van der Waals surface area contributed by atoms with Crippen LogP contribution in [0.5, 0.6) is 11.5 Å². The number of esters is 2. The fourth-order valence-corrected chi connectivity index (χ4v) is 5.04. The number of carbonyl (C=O) groups is 2. The fourth-order valence-electron chi connectivity index (χ4n) is 5.04. The second-order valence-corrected chi connectivity index (χ2v) is 10.6. The zero-order valence-corrected chi connectivity index (χ0v) is 21.6. The fraction of sp³-hybridized carbons (Fsp3) is 0.630. The summed E-state index contributed by atoms with van der Waals surface area (Å²) in [6, 6.07) is 4.27. The van der Waals surface area contributed by atoms with Gasteiger partial charge in [0.1, 0.15) is 11.7 Å². The van der Waals surface area contributed by atoms with Crippen LogP contribution in [0.4, 0.5) is 0 Å². The molecule has 1 saturated heterocycles. The highest BCUT2D eigenvalue weighted by atomic mass is 16.6. The van der Waals surface area contributed by atoms with Crippen LogP contribution in [0.15, 0.2) is 24.3 Å². The van der Waals surface area contributed by atoms with E-state index in [9.17, 15) is 9.59 Å². The van der Waals surface area contributed by atoms with E-state index in [0.717, 1.165) is 37.8 Å². The minimum absolute atomic E-state index is 0.139. The molecule has 0 saturated carbocycles. The standard InChI is InChI=1S/C27H39NO6/c1-17(2)12-19-16-28-11-10-18-13-23(31-6)24(32-7)14-20(18)21(28)15-22(19)33-25(29)8-9-26(30)34-27(3,4)5/h8-9,13-14,17,19,21-22H,10-12,15-16H2,1-7H3/b9-8+/t19-,21-,22-/m1/s1. The average Bonchev–Trinajstić information content (AvgIpc) is 2.75. The van der Waals surface area contributed by atoms with Crippen molar-refractivity contribution >= 4 is 11.9 Å². The number of rotatable bonds is 7. The van der Waals surface area contributed by atoms with E-state index < -0.39 is 17.5 Å². The van der Waals surface area contributed by atoms with Gasteiger partial charge in [-0.2, -0.15) is 0 Å². The van der Waals surface area contributed by atoms with E-state index in [4.69, 9.17) is 18.9 Å². The lowest BCUT2D eigenvalue weighted by Crippen LogP contribution is -2.49. The van der Waals surface area contributed by atoms with E-state index in [0.29, 0.717) is 18.1 Å². The molecule has 0 amide bonds. The van der Waals surface area contributed by atoms with E-state index in [-0.39, 0.29) is 18.1 Å². The lowest BCUT2D eigenvalue weighted by Gasteiger charge is -2.47. The Morgan fingerprint density at radius 2 is 1.74 bits per heavy atom. The maximum absolute atomic E-state index is 12.6. The summed E-state index contributed by atoms with van der Waals surface area (Å²) in [4.78, 5) is 27.1. The van der Waals surface area contributed by atoms with Crippen LogP contribution in [-0.2, 0) is 25.5 Å². The highest BCUT2D eigenvalue weighted by molar-refractivity contribution is 5.91. The molecule has 3 atom stereocenters. The van der Waals surface area contributed by atoms with Gasteiger partial charge in [0.05, 0.1) is 14.2 Å². The first-order valence-corrected chi connectivity index (χ1v) is 12.1. The molecule has 0 bridgehead atoms. The van der Waals surface area contributed by atoms with Gasteiger partial charge in [0, 0.05) is 43.6 Å². The maximum Gasteiger partial charge on any atom is 0.331 e. The molecule has 1 fully saturated rings. The number of benzene rings is 1. The summed E-state index contributed by atoms with van der Waals surface area (Å²) < 4.78 is 22.2. The van der Waals surface area contributed by atoms with E-state index >= 15 is 0 Å².